The van der Waals surface area contributed by atoms with Crippen molar-refractivity contribution in [1.82, 2.24) is 9.88 Å². The quantitative estimate of drug-likeness (QED) is 0.833. The van der Waals surface area contributed by atoms with Gasteiger partial charge in [0, 0.05) is 30.6 Å². The molecule has 4 heteroatoms. The molecule has 1 heterocycles. The first-order valence-corrected chi connectivity index (χ1v) is 8.07. The highest BCUT2D eigenvalue weighted by Gasteiger charge is 2.24. The molecular weight excluding hydrogens is 254 g/mol. The van der Waals surface area contributed by atoms with Gasteiger partial charge in [0.15, 0.2) is 0 Å². The van der Waals surface area contributed by atoms with Crippen molar-refractivity contribution < 1.29 is 0 Å². The molecule has 0 fully saturated rings. The molecule has 0 aliphatic carbocycles. The van der Waals surface area contributed by atoms with Crippen molar-refractivity contribution in [3.8, 4) is 6.07 Å². The number of rotatable bonds is 7. The van der Waals surface area contributed by atoms with Gasteiger partial charge in [-0.15, -0.1) is 0 Å². The van der Waals surface area contributed by atoms with Gasteiger partial charge in [0.25, 0.3) is 0 Å². The van der Waals surface area contributed by atoms with E-state index in [1.54, 1.807) is 0 Å². The average Bonchev–Trinajstić information content (AvgIpc) is 2.72. The van der Waals surface area contributed by atoms with Crippen LogP contribution in [0.5, 0.6) is 0 Å². The zero-order valence-corrected chi connectivity index (χ0v) is 13.5. The fourth-order valence-electron chi connectivity index (χ4n) is 2.33. The molecule has 1 N–H and O–H groups in total. The number of nitrogens with one attached hydrogen (secondary N) is 1. The van der Waals surface area contributed by atoms with Crippen LogP contribution >= 0.6 is 11.8 Å². The van der Waals surface area contributed by atoms with Crippen LogP contribution in [-0.4, -0.2) is 22.1 Å². The summed E-state index contributed by atoms with van der Waals surface area (Å²) in [4.78, 5) is 0. The van der Waals surface area contributed by atoms with E-state index >= 15 is 0 Å². The lowest BCUT2D eigenvalue weighted by molar-refractivity contribution is 0.494. The molecule has 106 valence electrons. The predicted octanol–water partition coefficient (Wildman–Crippen LogP) is 3.22. The van der Waals surface area contributed by atoms with Crippen molar-refractivity contribution in [2.45, 2.75) is 44.9 Å². The van der Waals surface area contributed by atoms with Gasteiger partial charge in [0.1, 0.15) is 11.8 Å². The largest absolute Gasteiger partial charge is 0.340 e. The Kier molecular flexibility index (Phi) is 5.96. The molecule has 0 aliphatic rings. The van der Waals surface area contributed by atoms with Crippen LogP contribution in [0, 0.1) is 18.3 Å². The number of hydrogen-bond acceptors (Lipinski definition) is 3. The van der Waals surface area contributed by atoms with Gasteiger partial charge in [-0.25, -0.2) is 0 Å². The Hall–Kier alpha value is -0.920. The highest BCUT2D eigenvalue weighted by molar-refractivity contribution is 8.00. The summed E-state index contributed by atoms with van der Waals surface area (Å²) in [6.45, 7) is 8.42. The van der Waals surface area contributed by atoms with E-state index in [9.17, 15) is 0 Å². The van der Waals surface area contributed by atoms with Crippen LogP contribution < -0.4 is 5.32 Å². The van der Waals surface area contributed by atoms with Gasteiger partial charge in [-0.1, -0.05) is 13.8 Å². The number of thioether (sulfide) groups is 1. The second-order valence-electron chi connectivity index (χ2n) is 5.01. The molecule has 3 nitrogen and oxygen atoms in total. The molecule has 0 saturated heterocycles. The summed E-state index contributed by atoms with van der Waals surface area (Å²) in [6, 6.07) is 4.21. The second kappa shape index (κ2) is 7.02. The Bertz CT molecular complexity index is 444. The monoisotopic (exact) mass is 279 g/mol. The zero-order chi connectivity index (χ0) is 14.5. The maximum absolute atomic E-state index is 9.03. The molecule has 0 amide bonds. The highest BCUT2D eigenvalue weighted by atomic mass is 32.2. The highest BCUT2D eigenvalue weighted by Crippen LogP contribution is 2.29. The molecule has 1 aromatic heterocycles. The van der Waals surface area contributed by atoms with Crippen molar-refractivity contribution in [1.29, 1.82) is 5.26 Å². The summed E-state index contributed by atoms with van der Waals surface area (Å²) >= 11 is 1.95. The molecule has 0 spiro atoms. The molecule has 19 heavy (non-hydrogen) atoms. The summed E-state index contributed by atoms with van der Waals surface area (Å²) in [5.74, 6) is 0. The lowest BCUT2D eigenvalue weighted by atomic mass is 10.0. The summed E-state index contributed by atoms with van der Waals surface area (Å²) in [7, 11) is 1.95. The topological polar surface area (TPSA) is 40.8 Å². The first-order valence-electron chi connectivity index (χ1n) is 6.84. The second-order valence-corrected chi connectivity index (χ2v) is 6.28. The van der Waals surface area contributed by atoms with Gasteiger partial charge in [0.2, 0.25) is 0 Å². The fourth-order valence-corrected chi connectivity index (χ4v) is 3.16. The van der Waals surface area contributed by atoms with E-state index in [0.717, 1.165) is 18.8 Å². The summed E-state index contributed by atoms with van der Waals surface area (Å²) in [5, 5.41) is 12.6. The van der Waals surface area contributed by atoms with Crippen LogP contribution in [0.15, 0.2) is 6.07 Å². The molecule has 1 rings (SSSR count). The predicted molar refractivity (Wildman–Crippen MR) is 83.4 cm³/mol. The number of nitriles is 1. The third-order valence-corrected chi connectivity index (χ3v) is 5.83. The number of hydrogen-bond donors (Lipinski definition) is 1. The van der Waals surface area contributed by atoms with Crippen LogP contribution in [0.25, 0.3) is 0 Å². The minimum Gasteiger partial charge on any atom is -0.340 e. The smallest absolute Gasteiger partial charge is 0.120 e. The Balaban J connectivity index is 2.66. The first kappa shape index (κ1) is 16.1. The number of nitrogens with zero attached hydrogens (tertiary/aromatic N) is 2. The molecule has 0 unspecified atom stereocenters. The van der Waals surface area contributed by atoms with E-state index in [0.29, 0.717) is 4.75 Å². The number of aromatic nitrogens is 1. The lowest BCUT2D eigenvalue weighted by Gasteiger charge is -2.30. The molecular formula is C15H25N3S. The van der Waals surface area contributed by atoms with E-state index in [1.165, 1.54) is 24.1 Å². The maximum atomic E-state index is 9.03. The molecule has 0 atom stereocenters. The van der Waals surface area contributed by atoms with Crippen LogP contribution in [-0.2, 0) is 13.6 Å². The first-order chi connectivity index (χ1) is 9.03. The SMILES string of the molecule is CCC(CC)(CNCc1cc(C#N)n(C)c1C)SC. The molecule has 0 radical (unpaired) electrons. The van der Waals surface area contributed by atoms with Gasteiger partial charge in [0.05, 0.1) is 0 Å². The van der Waals surface area contributed by atoms with Gasteiger partial charge >= 0.3 is 0 Å². The van der Waals surface area contributed by atoms with E-state index in [1.807, 2.05) is 29.4 Å². The van der Waals surface area contributed by atoms with Gasteiger partial charge < -0.3 is 9.88 Å². The van der Waals surface area contributed by atoms with E-state index < -0.39 is 0 Å². The Morgan fingerprint density at radius 2 is 2.05 bits per heavy atom. The van der Waals surface area contributed by atoms with E-state index in [4.69, 9.17) is 5.26 Å². The van der Waals surface area contributed by atoms with E-state index in [-0.39, 0.29) is 0 Å². The van der Waals surface area contributed by atoms with Crippen molar-refractivity contribution in [3.05, 3.63) is 23.0 Å². The molecule has 0 bridgehead atoms. The summed E-state index contributed by atoms with van der Waals surface area (Å²) in [5.41, 5.74) is 3.13. The third kappa shape index (κ3) is 3.55. The lowest BCUT2D eigenvalue weighted by Crippen LogP contribution is -2.36. The normalized spacial score (nSPS) is 11.6. The summed E-state index contributed by atoms with van der Waals surface area (Å²) < 4.78 is 2.29. The molecule has 0 saturated carbocycles. The van der Waals surface area contributed by atoms with Crippen molar-refractivity contribution in [2.75, 3.05) is 12.8 Å². The Labute approximate surface area is 121 Å². The standard InChI is InChI=1S/C15H25N3S/c1-6-15(7-2,19-5)11-17-10-13-8-14(9-16)18(4)12(13)3/h8,17H,6-7,10-11H2,1-5H3. The van der Waals surface area contributed by atoms with Gasteiger partial charge in [-0.3, -0.25) is 0 Å². The fraction of sp³-hybridized carbons (Fsp3) is 0.667. The molecule has 0 aliphatic heterocycles. The van der Waals surface area contributed by atoms with Crippen molar-refractivity contribution >= 4 is 11.8 Å². The van der Waals surface area contributed by atoms with Crippen LogP contribution in [0.4, 0.5) is 0 Å². The molecule has 0 aromatic carbocycles. The average molecular weight is 279 g/mol. The van der Waals surface area contributed by atoms with Crippen LogP contribution in [0.1, 0.15) is 43.6 Å². The Morgan fingerprint density at radius 3 is 2.47 bits per heavy atom. The Morgan fingerprint density at radius 1 is 1.42 bits per heavy atom. The van der Waals surface area contributed by atoms with Crippen molar-refractivity contribution in [2.24, 2.45) is 7.05 Å². The zero-order valence-electron chi connectivity index (χ0n) is 12.7. The van der Waals surface area contributed by atoms with Gasteiger partial charge in [-0.05, 0) is 37.7 Å². The van der Waals surface area contributed by atoms with Crippen LogP contribution in [0.3, 0.4) is 0 Å². The third-order valence-electron chi connectivity index (χ3n) is 4.24. The van der Waals surface area contributed by atoms with E-state index in [2.05, 4.69) is 38.4 Å². The van der Waals surface area contributed by atoms with Crippen LogP contribution in [0.2, 0.25) is 0 Å². The molecule has 1 aromatic rings. The summed E-state index contributed by atoms with van der Waals surface area (Å²) in [6.07, 6.45) is 4.54. The minimum atomic E-state index is 0.334. The van der Waals surface area contributed by atoms with Gasteiger partial charge in [-0.2, -0.15) is 17.0 Å². The maximum Gasteiger partial charge on any atom is 0.120 e. The minimum absolute atomic E-state index is 0.334. The van der Waals surface area contributed by atoms with Crippen molar-refractivity contribution in [3.63, 3.8) is 0 Å².